The predicted octanol–water partition coefficient (Wildman–Crippen LogP) is -0.956. The highest BCUT2D eigenvalue weighted by Crippen LogP contribution is 2.36. The molecule has 1 atom stereocenters. The van der Waals surface area contributed by atoms with E-state index in [0.29, 0.717) is 6.67 Å². The van der Waals surface area contributed by atoms with Crippen molar-refractivity contribution in [3.05, 3.63) is 0 Å². The molecule has 0 aromatic rings. The molecule has 1 heterocycles. The molecule has 72 valence electrons. The highest BCUT2D eigenvalue weighted by atomic mass is 32.1. The van der Waals surface area contributed by atoms with Gasteiger partial charge in [-0.25, -0.2) is 10.4 Å². The molecule has 0 saturated carbocycles. The average Bonchev–Trinajstić information content (AvgIpc) is 2.06. The minimum Gasteiger partial charge on any atom is -0.324 e. The average molecular weight is 213 g/mol. The third-order valence-electron chi connectivity index (χ3n) is 1.44. The molecule has 0 amide bonds. The highest BCUT2D eigenvalue weighted by molar-refractivity contribution is 7.80. The minimum atomic E-state index is -3.97. The van der Waals surface area contributed by atoms with E-state index in [9.17, 15) is 4.57 Å². The first kappa shape index (κ1) is 10.5. The second-order valence-corrected chi connectivity index (χ2v) is 4.84. The van der Waals surface area contributed by atoms with Gasteiger partial charge in [0.2, 0.25) is 0 Å². The van der Waals surface area contributed by atoms with Crippen LogP contribution < -0.4 is 5.43 Å². The zero-order chi connectivity index (χ0) is 9.35. The first-order chi connectivity index (χ1) is 5.38. The Morgan fingerprint density at radius 3 is 2.67 bits per heavy atom. The van der Waals surface area contributed by atoms with E-state index in [-0.39, 0.29) is 11.8 Å². The fourth-order valence-electron chi connectivity index (χ4n) is 1.03. The van der Waals surface area contributed by atoms with Crippen molar-refractivity contribution < 1.29 is 14.4 Å². The van der Waals surface area contributed by atoms with Crippen LogP contribution in [0.1, 0.15) is 0 Å². The Morgan fingerprint density at radius 1 is 1.75 bits per heavy atom. The molecule has 0 spiro atoms. The van der Waals surface area contributed by atoms with Gasteiger partial charge in [0.25, 0.3) is 0 Å². The Morgan fingerprint density at radius 2 is 2.33 bits per heavy atom. The summed E-state index contributed by atoms with van der Waals surface area (Å²) in [6.07, 6.45) is -0.265. The molecule has 0 aliphatic carbocycles. The van der Waals surface area contributed by atoms with E-state index >= 15 is 0 Å². The van der Waals surface area contributed by atoms with E-state index in [1.54, 1.807) is 17.0 Å². The van der Waals surface area contributed by atoms with E-state index in [4.69, 9.17) is 9.79 Å². The number of hydrogen-bond donors (Lipinski definition) is 4. The minimum absolute atomic E-state index is 0.265. The van der Waals surface area contributed by atoms with E-state index < -0.39 is 7.60 Å². The molecule has 3 N–H and O–H groups in total. The molecule has 8 heteroatoms. The highest BCUT2D eigenvalue weighted by Gasteiger charge is 2.29. The molecule has 0 bridgehead atoms. The lowest BCUT2D eigenvalue weighted by Crippen LogP contribution is -2.32. The maximum Gasteiger partial charge on any atom is 0.339 e. The normalized spacial score (nSPS) is 28.2. The van der Waals surface area contributed by atoms with Gasteiger partial charge < -0.3 is 9.79 Å². The van der Waals surface area contributed by atoms with Crippen molar-refractivity contribution in [2.24, 2.45) is 0 Å². The number of nitrogens with one attached hydrogen (secondary N) is 1. The predicted molar refractivity (Wildman–Crippen MR) is 47.3 cm³/mol. The SMILES string of the molecule is CN1CN(CP(=O)(O)O)C(S)N1. The van der Waals surface area contributed by atoms with Crippen LogP contribution >= 0.6 is 20.2 Å². The first-order valence-electron chi connectivity index (χ1n) is 3.32. The summed E-state index contributed by atoms with van der Waals surface area (Å²) in [6.45, 7) is 0.458. The topological polar surface area (TPSA) is 76.0 Å². The fourth-order valence-corrected chi connectivity index (χ4v) is 2.23. The Hall–Kier alpha value is 0.380. The molecule has 0 aromatic heterocycles. The Kier molecular flexibility index (Phi) is 3.16. The summed E-state index contributed by atoms with van der Waals surface area (Å²) in [6, 6.07) is 0. The van der Waals surface area contributed by atoms with Crippen molar-refractivity contribution in [3.63, 3.8) is 0 Å². The van der Waals surface area contributed by atoms with Crippen molar-refractivity contribution in [2.75, 3.05) is 20.0 Å². The van der Waals surface area contributed by atoms with Gasteiger partial charge in [0.1, 0.15) is 11.8 Å². The second kappa shape index (κ2) is 3.63. The van der Waals surface area contributed by atoms with Crippen molar-refractivity contribution in [1.82, 2.24) is 15.3 Å². The molecule has 1 fully saturated rings. The van der Waals surface area contributed by atoms with Gasteiger partial charge in [0.05, 0.1) is 6.67 Å². The van der Waals surface area contributed by atoms with Crippen LogP contribution in [0.5, 0.6) is 0 Å². The standard InChI is InChI=1S/C4H12N3O3PS/c1-6-2-7(4(12)5-6)3-11(8,9)10/h4-5,12H,2-3H2,1H3,(H2,8,9,10). The summed E-state index contributed by atoms with van der Waals surface area (Å²) < 4.78 is 10.6. The molecule has 1 rings (SSSR count). The molecule has 1 aliphatic rings. The summed E-state index contributed by atoms with van der Waals surface area (Å²) in [5, 5.41) is 1.72. The van der Waals surface area contributed by atoms with Crippen LogP contribution in [-0.4, -0.2) is 45.2 Å². The van der Waals surface area contributed by atoms with Gasteiger partial charge in [-0.2, -0.15) is 0 Å². The van der Waals surface area contributed by atoms with Crippen LogP contribution in [0.15, 0.2) is 0 Å². The van der Waals surface area contributed by atoms with Crippen molar-refractivity contribution in [1.29, 1.82) is 0 Å². The first-order valence-corrected chi connectivity index (χ1v) is 5.64. The Labute approximate surface area is 76.1 Å². The molecular formula is C4H12N3O3PS. The maximum absolute atomic E-state index is 10.6. The lowest BCUT2D eigenvalue weighted by Gasteiger charge is -2.18. The lowest BCUT2D eigenvalue weighted by molar-refractivity contribution is 0.261. The number of hydrazine groups is 1. The summed E-state index contributed by atoms with van der Waals surface area (Å²) >= 11 is 4.09. The van der Waals surface area contributed by atoms with E-state index in [1.165, 1.54) is 0 Å². The fraction of sp³-hybridized carbons (Fsp3) is 1.00. The third kappa shape index (κ3) is 3.02. The van der Waals surface area contributed by atoms with E-state index in [1.807, 2.05) is 0 Å². The quantitative estimate of drug-likeness (QED) is 0.350. The van der Waals surface area contributed by atoms with E-state index in [2.05, 4.69) is 18.1 Å². The van der Waals surface area contributed by atoms with Crippen LogP contribution in [0.4, 0.5) is 0 Å². The second-order valence-electron chi connectivity index (χ2n) is 2.74. The van der Waals surface area contributed by atoms with Crippen LogP contribution in [0.3, 0.4) is 0 Å². The maximum atomic E-state index is 10.6. The van der Waals surface area contributed by atoms with Crippen molar-refractivity contribution >= 4 is 20.2 Å². The van der Waals surface area contributed by atoms with Gasteiger partial charge in [-0.3, -0.25) is 9.46 Å². The molecule has 1 aliphatic heterocycles. The number of hydrogen-bond acceptors (Lipinski definition) is 5. The number of rotatable bonds is 2. The van der Waals surface area contributed by atoms with Crippen LogP contribution in [0, 0.1) is 0 Å². The smallest absolute Gasteiger partial charge is 0.324 e. The van der Waals surface area contributed by atoms with Gasteiger partial charge >= 0.3 is 7.60 Å². The van der Waals surface area contributed by atoms with Gasteiger partial charge in [-0.1, -0.05) is 0 Å². The molecule has 1 unspecified atom stereocenters. The van der Waals surface area contributed by atoms with Crippen molar-refractivity contribution in [2.45, 2.75) is 5.50 Å². The van der Waals surface area contributed by atoms with Crippen LogP contribution in [-0.2, 0) is 4.57 Å². The zero-order valence-electron chi connectivity index (χ0n) is 6.58. The zero-order valence-corrected chi connectivity index (χ0v) is 8.37. The lowest BCUT2D eigenvalue weighted by atomic mass is 10.8. The molecule has 0 radical (unpaired) electrons. The van der Waals surface area contributed by atoms with Gasteiger partial charge in [0, 0.05) is 7.05 Å². The Balaban J connectivity index is 2.49. The molecule has 6 nitrogen and oxygen atoms in total. The summed E-state index contributed by atoms with van der Waals surface area (Å²) in [5.41, 5.74) is 2.55. The third-order valence-corrected chi connectivity index (χ3v) is 2.62. The molecule has 12 heavy (non-hydrogen) atoms. The Bertz CT molecular complexity index is 210. The van der Waals surface area contributed by atoms with Gasteiger partial charge in [0.15, 0.2) is 0 Å². The van der Waals surface area contributed by atoms with Gasteiger partial charge in [-0.05, 0) is 0 Å². The van der Waals surface area contributed by atoms with Crippen LogP contribution in [0.25, 0.3) is 0 Å². The largest absolute Gasteiger partial charge is 0.339 e. The van der Waals surface area contributed by atoms with Gasteiger partial charge in [-0.15, -0.1) is 12.6 Å². The molecule has 1 saturated heterocycles. The summed E-state index contributed by atoms with van der Waals surface area (Å²) in [4.78, 5) is 18.9. The number of thiol groups is 1. The summed E-state index contributed by atoms with van der Waals surface area (Å²) in [5.74, 6) is 0. The van der Waals surface area contributed by atoms with Crippen LogP contribution in [0.2, 0.25) is 0 Å². The monoisotopic (exact) mass is 213 g/mol. The van der Waals surface area contributed by atoms with E-state index in [0.717, 1.165) is 0 Å². The molecule has 0 aromatic carbocycles. The summed E-state index contributed by atoms with van der Waals surface area (Å²) in [7, 11) is -2.19. The molecular weight excluding hydrogens is 201 g/mol. The number of nitrogens with zero attached hydrogens (tertiary/aromatic N) is 2. The van der Waals surface area contributed by atoms with Crippen molar-refractivity contribution in [3.8, 4) is 0 Å².